The molecule has 2 unspecified atom stereocenters. The van der Waals surface area contributed by atoms with Crippen LogP contribution in [0, 0.1) is 11.8 Å². The smallest absolute Gasteiger partial charge is 0.150 e. The van der Waals surface area contributed by atoms with Gasteiger partial charge in [0.1, 0.15) is 9.84 Å². The number of sulfone groups is 1. The van der Waals surface area contributed by atoms with E-state index >= 15 is 0 Å². The zero-order chi connectivity index (χ0) is 11.6. The van der Waals surface area contributed by atoms with E-state index in [-0.39, 0.29) is 0 Å². The van der Waals surface area contributed by atoms with Crippen molar-refractivity contribution in [1.29, 1.82) is 0 Å². The van der Waals surface area contributed by atoms with Gasteiger partial charge in [0.05, 0.1) is 11.5 Å². The van der Waals surface area contributed by atoms with Gasteiger partial charge in [0.15, 0.2) is 0 Å². The molecule has 4 heteroatoms. The molecule has 2 aliphatic rings. The lowest BCUT2D eigenvalue weighted by Crippen LogP contribution is -2.35. The summed E-state index contributed by atoms with van der Waals surface area (Å²) in [5, 5.41) is 3.61. The van der Waals surface area contributed by atoms with Crippen molar-refractivity contribution in [2.45, 2.75) is 45.1 Å². The molecule has 2 atom stereocenters. The van der Waals surface area contributed by atoms with Crippen molar-refractivity contribution < 1.29 is 8.42 Å². The third-order valence-electron chi connectivity index (χ3n) is 4.06. The highest BCUT2D eigenvalue weighted by atomic mass is 32.2. The van der Waals surface area contributed by atoms with Gasteiger partial charge in [-0.15, -0.1) is 0 Å². The molecule has 0 radical (unpaired) electrons. The number of nitrogens with one attached hydrogen (secondary N) is 1. The summed E-state index contributed by atoms with van der Waals surface area (Å²) in [7, 11) is -2.69. The molecule has 2 rings (SSSR count). The monoisotopic (exact) mass is 245 g/mol. The van der Waals surface area contributed by atoms with Crippen molar-refractivity contribution in [2.75, 3.05) is 18.1 Å². The first-order valence-corrected chi connectivity index (χ1v) is 8.31. The van der Waals surface area contributed by atoms with Gasteiger partial charge in [-0.25, -0.2) is 8.42 Å². The molecule has 0 aromatic rings. The molecule has 1 aliphatic carbocycles. The minimum Gasteiger partial charge on any atom is -0.314 e. The SMILES string of the molecule is CC1CCC(NCC2CCS(=O)(=O)CC2)C1. The Hall–Kier alpha value is -0.0900. The third kappa shape index (κ3) is 3.45. The summed E-state index contributed by atoms with van der Waals surface area (Å²) in [6, 6.07) is 0.688. The molecule has 2 fully saturated rings. The molecule has 1 saturated carbocycles. The minimum absolute atomic E-state index is 0.403. The maximum Gasteiger partial charge on any atom is 0.150 e. The van der Waals surface area contributed by atoms with Crippen LogP contribution >= 0.6 is 0 Å². The molecule has 0 bridgehead atoms. The van der Waals surface area contributed by atoms with Crippen molar-refractivity contribution in [3.05, 3.63) is 0 Å². The number of rotatable bonds is 3. The van der Waals surface area contributed by atoms with E-state index in [0.29, 0.717) is 23.5 Å². The van der Waals surface area contributed by atoms with Crippen LogP contribution in [0.5, 0.6) is 0 Å². The van der Waals surface area contributed by atoms with Gasteiger partial charge >= 0.3 is 0 Å². The van der Waals surface area contributed by atoms with Crippen molar-refractivity contribution in [3.8, 4) is 0 Å². The van der Waals surface area contributed by atoms with Crippen LogP contribution in [0.15, 0.2) is 0 Å². The molecule has 16 heavy (non-hydrogen) atoms. The zero-order valence-corrected chi connectivity index (χ0v) is 10.9. The van der Waals surface area contributed by atoms with Crippen LogP contribution in [-0.4, -0.2) is 32.5 Å². The molecule has 94 valence electrons. The standard InChI is InChI=1S/C12H23NO2S/c1-10-2-3-12(8-10)13-9-11-4-6-16(14,15)7-5-11/h10-13H,2-9H2,1H3. The fraction of sp³-hybridized carbons (Fsp3) is 1.00. The summed E-state index contributed by atoms with van der Waals surface area (Å²) in [6.45, 7) is 3.34. The highest BCUT2D eigenvalue weighted by Crippen LogP contribution is 2.25. The Morgan fingerprint density at radius 2 is 1.81 bits per heavy atom. The van der Waals surface area contributed by atoms with Gasteiger partial charge in [0, 0.05) is 6.04 Å². The average molecular weight is 245 g/mol. The summed E-state index contributed by atoms with van der Waals surface area (Å²) < 4.78 is 22.6. The van der Waals surface area contributed by atoms with Gasteiger partial charge in [0.2, 0.25) is 0 Å². The van der Waals surface area contributed by atoms with Crippen molar-refractivity contribution in [1.82, 2.24) is 5.32 Å². The lowest BCUT2D eigenvalue weighted by Gasteiger charge is -2.24. The maximum atomic E-state index is 11.3. The fourth-order valence-electron chi connectivity index (χ4n) is 2.87. The predicted octanol–water partition coefficient (Wildman–Crippen LogP) is 1.59. The molecular formula is C12H23NO2S. The first-order valence-electron chi connectivity index (χ1n) is 6.49. The van der Waals surface area contributed by atoms with Crippen LogP contribution in [0.25, 0.3) is 0 Å². The number of hydrogen-bond acceptors (Lipinski definition) is 3. The average Bonchev–Trinajstić information content (AvgIpc) is 2.63. The molecule has 0 aromatic carbocycles. The second-order valence-corrected chi connectivity index (χ2v) is 7.92. The Labute approximate surface area is 98.9 Å². The molecule has 1 aliphatic heterocycles. The molecule has 3 nitrogen and oxygen atoms in total. The maximum absolute atomic E-state index is 11.3. The van der Waals surface area contributed by atoms with E-state index in [9.17, 15) is 8.42 Å². The van der Waals surface area contributed by atoms with E-state index < -0.39 is 9.84 Å². The van der Waals surface area contributed by atoms with Gasteiger partial charge in [-0.1, -0.05) is 6.92 Å². The first kappa shape index (κ1) is 12.4. The van der Waals surface area contributed by atoms with Crippen LogP contribution in [0.4, 0.5) is 0 Å². The molecule has 0 amide bonds. The molecule has 0 spiro atoms. The molecule has 1 N–H and O–H groups in total. The van der Waals surface area contributed by atoms with Gasteiger partial charge in [0.25, 0.3) is 0 Å². The summed E-state index contributed by atoms with van der Waals surface area (Å²) in [5.41, 5.74) is 0. The van der Waals surface area contributed by atoms with Crippen LogP contribution in [-0.2, 0) is 9.84 Å². The van der Waals surface area contributed by atoms with Gasteiger partial charge in [-0.05, 0) is 50.5 Å². The predicted molar refractivity (Wildman–Crippen MR) is 66.2 cm³/mol. The zero-order valence-electron chi connectivity index (χ0n) is 10.1. The quantitative estimate of drug-likeness (QED) is 0.821. The third-order valence-corrected chi connectivity index (χ3v) is 5.78. The van der Waals surface area contributed by atoms with E-state index in [1.165, 1.54) is 19.3 Å². The summed E-state index contributed by atoms with van der Waals surface area (Å²) >= 11 is 0. The largest absolute Gasteiger partial charge is 0.314 e. The van der Waals surface area contributed by atoms with E-state index in [1.54, 1.807) is 0 Å². The van der Waals surface area contributed by atoms with Crippen LogP contribution in [0.2, 0.25) is 0 Å². The Morgan fingerprint density at radius 3 is 2.38 bits per heavy atom. The normalized spacial score (nSPS) is 35.3. The van der Waals surface area contributed by atoms with Crippen LogP contribution in [0.3, 0.4) is 0 Å². The van der Waals surface area contributed by atoms with Crippen molar-refractivity contribution >= 4 is 9.84 Å². The summed E-state index contributed by atoms with van der Waals surface area (Å²) in [4.78, 5) is 0. The molecule has 0 aromatic heterocycles. The van der Waals surface area contributed by atoms with Gasteiger partial charge in [-0.2, -0.15) is 0 Å². The van der Waals surface area contributed by atoms with Crippen LogP contribution in [0.1, 0.15) is 39.0 Å². The van der Waals surface area contributed by atoms with Crippen LogP contribution < -0.4 is 5.32 Å². The Morgan fingerprint density at radius 1 is 1.12 bits per heavy atom. The van der Waals surface area contributed by atoms with E-state index in [1.807, 2.05) is 0 Å². The first-order chi connectivity index (χ1) is 7.55. The molecule has 1 saturated heterocycles. The Bertz CT molecular complexity index is 312. The van der Waals surface area contributed by atoms with E-state index in [0.717, 1.165) is 25.3 Å². The number of hydrogen-bond donors (Lipinski definition) is 1. The topological polar surface area (TPSA) is 46.2 Å². The highest BCUT2D eigenvalue weighted by Gasteiger charge is 2.25. The lowest BCUT2D eigenvalue weighted by molar-refractivity contribution is 0.395. The Balaban J connectivity index is 1.68. The highest BCUT2D eigenvalue weighted by molar-refractivity contribution is 7.91. The molecule has 1 heterocycles. The van der Waals surface area contributed by atoms with Crippen molar-refractivity contribution in [2.24, 2.45) is 11.8 Å². The second-order valence-electron chi connectivity index (χ2n) is 5.62. The van der Waals surface area contributed by atoms with Crippen molar-refractivity contribution in [3.63, 3.8) is 0 Å². The molecular weight excluding hydrogens is 222 g/mol. The minimum atomic E-state index is -2.69. The summed E-state index contributed by atoms with van der Waals surface area (Å²) in [6.07, 6.45) is 5.66. The van der Waals surface area contributed by atoms with E-state index in [2.05, 4.69) is 12.2 Å². The Kier molecular flexibility index (Phi) is 3.90. The van der Waals surface area contributed by atoms with Gasteiger partial charge < -0.3 is 5.32 Å². The fourth-order valence-corrected chi connectivity index (χ4v) is 4.46. The van der Waals surface area contributed by atoms with Gasteiger partial charge in [-0.3, -0.25) is 0 Å². The lowest BCUT2D eigenvalue weighted by atomic mass is 10.0. The summed E-state index contributed by atoms with van der Waals surface area (Å²) in [5.74, 6) is 2.25. The second kappa shape index (κ2) is 5.05. The van der Waals surface area contributed by atoms with E-state index in [4.69, 9.17) is 0 Å².